The Morgan fingerprint density at radius 3 is 2.29 bits per heavy atom. The second-order valence-electron chi connectivity index (χ2n) is 7.26. The fraction of sp³-hybridized carbons (Fsp3) is 0.0400. The van der Waals surface area contributed by atoms with Crippen LogP contribution >= 0.6 is 11.6 Å². The average molecular weight is 445 g/mol. The number of benzene rings is 3. The van der Waals surface area contributed by atoms with Crippen molar-refractivity contribution in [1.29, 1.82) is 0 Å². The maximum Gasteiger partial charge on any atom is 0.255 e. The SMILES string of the molecule is CS(=O)c1ccc(-n2c(=O)ccc3cnc4ccc(-c5ccc(Cl)cc5)cc4c32)cc1. The molecule has 1 unspecified atom stereocenters. The minimum absolute atomic E-state index is 0.137. The molecule has 0 aliphatic rings. The maximum atomic E-state index is 13.0. The van der Waals surface area contributed by atoms with Gasteiger partial charge >= 0.3 is 0 Å². The normalized spacial score (nSPS) is 12.3. The number of rotatable bonds is 3. The first-order chi connectivity index (χ1) is 15.0. The number of fused-ring (bicyclic) bond motifs is 3. The van der Waals surface area contributed by atoms with Crippen LogP contribution in [0.25, 0.3) is 38.6 Å². The molecule has 6 heteroatoms. The van der Waals surface area contributed by atoms with Gasteiger partial charge in [-0.05, 0) is 65.7 Å². The average Bonchev–Trinajstić information content (AvgIpc) is 2.79. The summed E-state index contributed by atoms with van der Waals surface area (Å²) in [7, 11) is -1.08. The van der Waals surface area contributed by atoms with Crippen molar-refractivity contribution >= 4 is 44.2 Å². The second-order valence-corrected chi connectivity index (χ2v) is 9.07. The van der Waals surface area contributed by atoms with Gasteiger partial charge in [0.15, 0.2) is 0 Å². The Labute approximate surface area is 186 Å². The van der Waals surface area contributed by atoms with Crippen molar-refractivity contribution in [3.05, 3.63) is 100 Å². The standard InChI is InChI=1S/C25H17ClN2O2S/c1-31(30)21-10-8-20(9-11-21)28-24(29)13-5-18-15-27-23-12-4-17(14-22(23)25(18)28)16-2-6-19(26)7-3-16/h2-15H,1H3. The molecule has 0 amide bonds. The third-order valence-corrected chi connectivity index (χ3v) is 6.51. The first-order valence-electron chi connectivity index (χ1n) is 9.65. The summed E-state index contributed by atoms with van der Waals surface area (Å²) in [6, 6.07) is 24.3. The summed E-state index contributed by atoms with van der Waals surface area (Å²) in [4.78, 5) is 18.3. The van der Waals surface area contributed by atoms with Crippen molar-refractivity contribution in [2.75, 3.05) is 6.26 Å². The van der Waals surface area contributed by atoms with Gasteiger partial charge in [-0.15, -0.1) is 0 Å². The fourth-order valence-corrected chi connectivity index (χ4v) is 4.42. The van der Waals surface area contributed by atoms with Crippen LogP contribution in [0.15, 0.2) is 94.7 Å². The molecule has 31 heavy (non-hydrogen) atoms. The summed E-state index contributed by atoms with van der Waals surface area (Å²) in [6.07, 6.45) is 3.42. The summed E-state index contributed by atoms with van der Waals surface area (Å²) >= 11 is 6.04. The molecule has 5 rings (SSSR count). The molecule has 0 spiro atoms. The number of hydrogen-bond acceptors (Lipinski definition) is 3. The first-order valence-corrected chi connectivity index (χ1v) is 11.6. The smallest absolute Gasteiger partial charge is 0.255 e. The zero-order valence-electron chi connectivity index (χ0n) is 16.6. The van der Waals surface area contributed by atoms with Gasteiger partial charge in [-0.1, -0.05) is 29.8 Å². The molecular weight excluding hydrogens is 428 g/mol. The number of halogens is 1. The van der Waals surface area contributed by atoms with E-state index in [9.17, 15) is 9.00 Å². The molecule has 4 nitrogen and oxygen atoms in total. The van der Waals surface area contributed by atoms with Gasteiger partial charge in [0.25, 0.3) is 5.56 Å². The van der Waals surface area contributed by atoms with E-state index in [4.69, 9.17) is 11.6 Å². The van der Waals surface area contributed by atoms with Crippen molar-refractivity contribution in [3.8, 4) is 16.8 Å². The Hall–Kier alpha value is -3.28. The fourth-order valence-electron chi connectivity index (χ4n) is 3.78. The number of nitrogens with zero attached hydrogens (tertiary/aromatic N) is 2. The van der Waals surface area contributed by atoms with Gasteiger partial charge in [-0.3, -0.25) is 18.6 Å². The summed E-state index contributed by atoms with van der Waals surface area (Å²) in [5.74, 6) is 0. The molecule has 152 valence electrons. The Bertz CT molecular complexity index is 1520. The monoisotopic (exact) mass is 444 g/mol. The van der Waals surface area contributed by atoms with Crippen LogP contribution in [0.5, 0.6) is 0 Å². The maximum absolute atomic E-state index is 13.0. The van der Waals surface area contributed by atoms with Crippen LogP contribution in [0.1, 0.15) is 0 Å². The van der Waals surface area contributed by atoms with Crippen molar-refractivity contribution in [3.63, 3.8) is 0 Å². The van der Waals surface area contributed by atoms with Gasteiger partial charge in [0.05, 0.1) is 11.0 Å². The summed E-state index contributed by atoms with van der Waals surface area (Å²) < 4.78 is 13.5. The van der Waals surface area contributed by atoms with Gasteiger partial charge in [-0.25, -0.2) is 0 Å². The Kier molecular flexibility index (Phi) is 4.93. The molecule has 0 aliphatic heterocycles. The summed E-state index contributed by atoms with van der Waals surface area (Å²) in [5, 5.41) is 2.43. The predicted molar refractivity (Wildman–Crippen MR) is 128 cm³/mol. The van der Waals surface area contributed by atoms with E-state index < -0.39 is 10.8 Å². The van der Waals surface area contributed by atoms with E-state index in [0.29, 0.717) is 15.6 Å². The molecule has 0 saturated heterocycles. The molecule has 0 fully saturated rings. The highest BCUT2D eigenvalue weighted by Crippen LogP contribution is 2.30. The molecular formula is C25H17ClN2O2S. The van der Waals surface area contributed by atoms with E-state index in [1.807, 2.05) is 48.5 Å². The minimum Gasteiger partial charge on any atom is -0.276 e. The van der Waals surface area contributed by atoms with Gasteiger partial charge < -0.3 is 0 Å². The van der Waals surface area contributed by atoms with Gasteiger partial charge in [0.2, 0.25) is 0 Å². The lowest BCUT2D eigenvalue weighted by Crippen LogP contribution is -2.17. The second kappa shape index (κ2) is 7.76. The third kappa shape index (κ3) is 3.56. The van der Waals surface area contributed by atoms with E-state index in [1.165, 1.54) is 0 Å². The van der Waals surface area contributed by atoms with Gasteiger partial charge in [0.1, 0.15) is 0 Å². The van der Waals surface area contributed by atoms with Crippen molar-refractivity contribution in [2.45, 2.75) is 4.90 Å². The molecule has 0 saturated carbocycles. The van der Waals surface area contributed by atoms with E-state index in [-0.39, 0.29) is 5.56 Å². The Morgan fingerprint density at radius 1 is 0.871 bits per heavy atom. The number of aromatic nitrogens is 2. The van der Waals surface area contributed by atoms with E-state index in [2.05, 4.69) is 11.1 Å². The molecule has 2 aromatic heterocycles. The lowest BCUT2D eigenvalue weighted by molar-refractivity contribution is 0.687. The third-order valence-electron chi connectivity index (χ3n) is 5.32. The molecule has 0 N–H and O–H groups in total. The van der Waals surface area contributed by atoms with Crippen LogP contribution in [0.2, 0.25) is 5.02 Å². The molecule has 5 aromatic rings. The lowest BCUT2D eigenvalue weighted by Gasteiger charge is -2.14. The lowest BCUT2D eigenvalue weighted by atomic mass is 10.0. The van der Waals surface area contributed by atoms with E-state index in [0.717, 1.165) is 32.9 Å². The molecule has 0 aliphatic carbocycles. The van der Waals surface area contributed by atoms with Crippen LogP contribution in [0.4, 0.5) is 0 Å². The Balaban J connectivity index is 1.81. The topological polar surface area (TPSA) is 52.0 Å². The number of pyridine rings is 2. The van der Waals surface area contributed by atoms with Crippen LogP contribution in [0.3, 0.4) is 0 Å². The highest BCUT2D eigenvalue weighted by molar-refractivity contribution is 7.84. The van der Waals surface area contributed by atoms with Crippen LogP contribution in [-0.4, -0.2) is 20.0 Å². The minimum atomic E-state index is -1.08. The van der Waals surface area contributed by atoms with Crippen molar-refractivity contribution in [2.24, 2.45) is 0 Å². The van der Waals surface area contributed by atoms with Crippen molar-refractivity contribution < 1.29 is 4.21 Å². The van der Waals surface area contributed by atoms with Gasteiger partial charge in [0, 0.05) is 55.7 Å². The Morgan fingerprint density at radius 2 is 1.58 bits per heavy atom. The highest BCUT2D eigenvalue weighted by atomic mass is 35.5. The molecule has 3 aromatic carbocycles. The zero-order valence-corrected chi connectivity index (χ0v) is 18.2. The molecule has 0 bridgehead atoms. The summed E-state index contributed by atoms with van der Waals surface area (Å²) in [5.41, 5.74) is 4.21. The largest absolute Gasteiger partial charge is 0.276 e. The quantitative estimate of drug-likeness (QED) is 0.340. The van der Waals surface area contributed by atoms with Crippen LogP contribution in [0, 0.1) is 0 Å². The summed E-state index contributed by atoms with van der Waals surface area (Å²) in [6.45, 7) is 0. The van der Waals surface area contributed by atoms with E-state index >= 15 is 0 Å². The van der Waals surface area contributed by atoms with Crippen LogP contribution < -0.4 is 5.56 Å². The van der Waals surface area contributed by atoms with Gasteiger partial charge in [-0.2, -0.15) is 0 Å². The van der Waals surface area contributed by atoms with Crippen LogP contribution in [-0.2, 0) is 10.8 Å². The zero-order chi connectivity index (χ0) is 21.5. The molecule has 2 heterocycles. The van der Waals surface area contributed by atoms with E-state index in [1.54, 1.807) is 41.3 Å². The number of hydrogen-bond donors (Lipinski definition) is 0. The molecule has 1 atom stereocenters. The highest BCUT2D eigenvalue weighted by Gasteiger charge is 2.12. The molecule has 0 radical (unpaired) electrons. The first kappa shape index (κ1) is 19.7. The van der Waals surface area contributed by atoms with Crippen molar-refractivity contribution in [1.82, 2.24) is 9.55 Å². The predicted octanol–water partition coefficient (Wildman–Crippen LogP) is 5.60.